The third-order valence-corrected chi connectivity index (χ3v) is 2.14. The molecule has 1 aromatic rings. The van der Waals surface area contributed by atoms with Crippen LogP contribution in [0, 0.1) is 0 Å². The molecule has 1 unspecified atom stereocenters. The first-order chi connectivity index (χ1) is 7.67. The number of ether oxygens (including phenoxy) is 1. The zero-order chi connectivity index (χ0) is 12.0. The van der Waals surface area contributed by atoms with Crippen LogP contribution in [0.2, 0.25) is 0 Å². The van der Waals surface area contributed by atoms with E-state index in [1.54, 1.807) is 18.3 Å². The van der Waals surface area contributed by atoms with Crippen molar-refractivity contribution in [2.75, 3.05) is 19.0 Å². The van der Waals surface area contributed by atoms with Crippen LogP contribution in [0.3, 0.4) is 0 Å². The van der Waals surface area contributed by atoms with Gasteiger partial charge < -0.3 is 15.2 Å². The van der Waals surface area contributed by atoms with Crippen LogP contribution in [-0.4, -0.2) is 35.8 Å². The van der Waals surface area contributed by atoms with Crippen LogP contribution in [-0.2, 0) is 4.74 Å². The second-order valence-corrected chi connectivity index (χ2v) is 3.48. The highest BCUT2D eigenvalue weighted by molar-refractivity contribution is 5.89. The lowest BCUT2D eigenvalue weighted by Crippen LogP contribution is -2.17. The quantitative estimate of drug-likeness (QED) is 0.731. The molecule has 0 bridgehead atoms. The highest BCUT2D eigenvalue weighted by Crippen LogP contribution is 2.10. The van der Waals surface area contributed by atoms with Crippen molar-refractivity contribution in [3.05, 3.63) is 23.9 Å². The lowest BCUT2D eigenvalue weighted by molar-refractivity contribution is 0.0600. The van der Waals surface area contributed by atoms with Crippen LogP contribution in [0.15, 0.2) is 18.3 Å². The molecule has 2 N–H and O–H groups in total. The molecule has 0 radical (unpaired) electrons. The van der Waals surface area contributed by atoms with E-state index in [1.807, 2.05) is 6.92 Å². The highest BCUT2D eigenvalue weighted by Gasteiger charge is 2.07. The Morgan fingerprint density at radius 1 is 1.69 bits per heavy atom. The molecule has 1 rings (SSSR count). The molecule has 5 nitrogen and oxygen atoms in total. The molecular formula is C11H16N2O3. The van der Waals surface area contributed by atoms with Gasteiger partial charge in [0.05, 0.1) is 12.7 Å². The van der Waals surface area contributed by atoms with E-state index in [2.05, 4.69) is 15.0 Å². The molecule has 16 heavy (non-hydrogen) atoms. The minimum absolute atomic E-state index is 0.102. The molecule has 5 heteroatoms. The number of carbonyl (C=O) groups is 1. The summed E-state index contributed by atoms with van der Waals surface area (Å²) < 4.78 is 4.61. The van der Waals surface area contributed by atoms with E-state index in [0.29, 0.717) is 17.8 Å². The van der Waals surface area contributed by atoms with Gasteiger partial charge in [0.15, 0.2) is 0 Å². The molecule has 1 atom stereocenters. The normalized spacial score (nSPS) is 11.9. The molecule has 0 spiro atoms. The number of hydrogen-bond donors (Lipinski definition) is 2. The summed E-state index contributed by atoms with van der Waals surface area (Å²) >= 11 is 0. The number of rotatable bonds is 5. The maximum absolute atomic E-state index is 11.3. The van der Waals surface area contributed by atoms with Crippen molar-refractivity contribution in [1.82, 2.24) is 4.98 Å². The SMILES string of the molecule is COC(=O)c1ccnc(NC(C)CCO)c1. The van der Waals surface area contributed by atoms with Gasteiger partial charge in [-0.2, -0.15) is 0 Å². The Morgan fingerprint density at radius 3 is 3.06 bits per heavy atom. The molecule has 0 amide bonds. The largest absolute Gasteiger partial charge is 0.465 e. The van der Waals surface area contributed by atoms with Gasteiger partial charge >= 0.3 is 5.97 Å². The van der Waals surface area contributed by atoms with E-state index in [4.69, 9.17) is 5.11 Å². The number of aromatic nitrogens is 1. The van der Waals surface area contributed by atoms with Crippen molar-refractivity contribution in [1.29, 1.82) is 0 Å². The Morgan fingerprint density at radius 2 is 2.44 bits per heavy atom. The Bertz CT molecular complexity index is 355. The molecule has 0 aliphatic rings. The van der Waals surface area contributed by atoms with Gasteiger partial charge in [0.2, 0.25) is 0 Å². The van der Waals surface area contributed by atoms with Gasteiger partial charge in [0, 0.05) is 18.8 Å². The molecule has 0 aromatic carbocycles. The van der Waals surface area contributed by atoms with Crippen molar-refractivity contribution in [3.63, 3.8) is 0 Å². The van der Waals surface area contributed by atoms with Gasteiger partial charge in [-0.1, -0.05) is 0 Å². The fourth-order valence-electron chi connectivity index (χ4n) is 1.27. The Labute approximate surface area is 94.5 Å². The first kappa shape index (κ1) is 12.4. The fourth-order valence-corrected chi connectivity index (χ4v) is 1.27. The third-order valence-electron chi connectivity index (χ3n) is 2.14. The average Bonchev–Trinajstić information content (AvgIpc) is 2.28. The summed E-state index contributed by atoms with van der Waals surface area (Å²) in [7, 11) is 1.34. The summed E-state index contributed by atoms with van der Waals surface area (Å²) in [5.74, 6) is 0.212. The molecule has 0 saturated carbocycles. The van der Waals surface area contributed by atoms with Gasteiger partial charge in [-0.05, 0) is 25.5 Å². The first-order valence-electron chi connectivity index (χ1n) is 5.09. The zero-order valence-electron chi connectivity index (χ0n) is 9.43. The zero-order valence-corrected chi connectivity index (χ0v) is 9.43. The number of aliphatic hydroxyl groups is 1. The van der Waals surface area contributed by atoms with Gasteiger partial charge in [0.25, 0.3) is 0 Å². The molecule has 0 aliphatic heterocycles. The summed E-state index contributed by atoms with van der Waals surface area (Å²) in [6, 6.07) is 3.32. The van der Waals surface area contributed by atoms with E-state index in [-0.39, 0.29) is 18.6 Å². The van der Waals surface area contributed by atoms with Gasteiger partial charge in [-0.25, -0.2) is 9.78 Å². The lowest BCUT2D eigenvalue weighted by Gasteiger charge is -2.13. The number of aliphatic hydroxyl groups excluding tert-OH is 1. The lowest BCUT2D eigenvalue weighted by atomic mass is 10.2. The number of carbonyl (C=O) groups excluding carboxylic acids is 1. The fraction of sp³-hybridized carbons (Fsp3) is 0.455. The van der Waals surface area contributed by atoms with Gasteiger partial charge in [-0.3, -0.25) is 0 Å². The number of methoxy groups -OCH3 is 1. The van der Waals surface area contributed by atoms with E-state index >= 15 is 0 Å². The van der Waals surface area contributed by atoms with Crippen molar-refractivity contribution in [2.24, 2.45) is 0 Å². The Hall–Kier alpha value is -1.62. The molecule has 1 aromatic heterocycles. The number of esters is 1. The van der Waals surface area contributed by atoms with E-state index in [0.717, 1.165) is 0 Å². The number of nitrogens with one attached hydrogen (secondary N) is 1. The number of hydrogen-bond acceptors (Lipinski definition) is 5. The maximum Gasteiger partial charge on any atom is 0.338 e. The van der Waals surface area contributed by atoms with Crippen molar-refractivity contribution in [2.45, 2.75) is 19.4 Å². The second kappa shape index (κ2) is 6.07. The highest BCUT2D eigenvalue weighted by atomic mass is 16.5. The molecule has 0 aliphatic carbocycles. The molecular weight excluding hydrogens is 208 g/mol. The van der Waals surface area contributed by atoms with E-state index in [9.17, 15) is 4.79 Å². The molecule has 0 saturated heterocycles. The summed E-state index contributed by atoms with van der Waals surface area (Å²) in [5.41, 5.74) is 0.455. The van der Waals surface area contributed by atoms with Crippen LogP contribution >= 0.6 is 0 Å². The van der Waals surface area contributed by atoms with Crippen LogP contribution < -0.4 is 5.32 Å². The monoisotopic (exact) mass is 224 g/mol. The average molecular weight is 224 g/mol. The summed E-state index contributed by atoms with van der Waals surface area (Å²) in [4.78, 5) is 15.3. The standard InChI is InChI=1S/C11H16N2O3/c1-8(4-6-14)13-10-7-9(3-5-12-10)11(15)16-2/h3,5,7-8,14H,4,6H2,1-2H3,(H,12,13). The minimum atomic E-state index is -0.389. The van der Waals surface area contributed by atoms with Crippen LogP contribution in [0.4, 0.5) is 5.82 Å². The van der Waals surface area contributed by atoms with Crippen molar-refractivity contribution < 1.29 is 14.6 Å². The van der Waals surface area contributed by atoms with Crippen LogP contribution in [0.5, 0.6) is 0 Å². The molecule has 1 heterocycles. The second-order valence-electron chi connectivity index (χ2n) is 3.48. The van der Waals surface area contributed by atoms with Crippen molar-refractivity contribution >= 4 is 11.8 Å². The summed E-state index contributed by atoms with van der Waals surface area (Å²) in [5, 5.41) is 11.8. The molecule has 0 fully saturated rings. The van der Waals surface area contributed by atoms with Gasteiger partial charge in [0.1, 0.15) is 5.82 Å². The van der Waals surface area contributed by atoms with E-state index in [1.165, 1.54) is 7.11 Å². The van der Waals surface area contributed by atoms with Crippen LogP contribution in [0.25, 0.3) is 0 Å². The predicted molar refractivity (Wildman–Crippen MR) is 60.4 cm³/mol. The summed E-state index contributed by atoms with van der Waals surface area (Å²) in [6.45, 7) is 2.05. The Kier molecular flexibility index (Phi) is 4.72. The van der Waals surface area contributed by atoms with Crippen LogP contribution in [0.1, 0.15) is 23.7 Å². The summed E-state index contributed by atoms with van der Waals surface area (Å²) in [6.07, 6.45) is 2.17. The van der Waals surface area contributed by atoms with Gasteiger partial charge in [-0.15, -0.1) is 0 Å². The first-order valence-corrected chi connectivity index (χ1v) is 5.09. The van der Waals surface area contributed by atoms with E-state index < -0.39 is 0 Å². The third kappa shape index (κ3) is 3.51. The maximum atomic E-state index is 11.3. The minimum Gasteiger partial charge on any atom is -0.465 e. The van der Waals surface area contributed by atoms with Crippen molar-refractivity contribution in [3.8, 4) is 0 Å². The number of anilines is 1. The Balaban J connectivity index is 2.70. The topological polar surface area (TPSA) is 71.5 Å². The smallest absolute Gasteiger partial charge is 0.338 e. The molecule has 88 valence electrons. The predicted octanol–water partition coefficient (Wildman–Crippen LogP) is 1.05. The number of nitrogens with zero attached hydrogens (tertiary/aromatic N) is 1. The number of pyridine rings is 1.